The van der Waals surface area contributed by atoms with Crippen LogP contribution in [0.3, 0.4) is 0 Å². The van der Waals surface area contributed by atoms with Gasteiger partial charge in [-0.05, 0) is 124 Å². The summed E-state index contributed by atoms with van der Waals surface area (Å²) in [6.07, 6.45) is 15.7. The monoisotopic (exact) mass is 700 g/mol. The summed E-state index contributed by atoms with van der Waals surface area (Å²) in [4.78, 5) is 13.8. The molecule has 0 spiro atoms. The highest BCUT2D eigenvalue weighted by molar-refractivity contribution is 5.80. The number of hydrogen-bond acceptors (Lipinski definition) is 4. The molecule has 0 aliphatic heterocycles. The number of allylic oxidation sites excluding steroid dienone is 4. The third kappa shape index (κ3) is 7.99. The van der Waals surface area contributed by atoms with Crippen LogP contribution >= 0.6 is 0 Å². The largest absolute Gasteiger partial charge is 0.311 e. The third-order valence-corrected chi connectivity index (χ3v) is 9.53. The highest BCUT2D eigenvalue weighted by Crippen LogP contribution is 2.37. The van der Waals surface area contributed by atoms with Gasteiger partial charge in [0.15, 0.2) is 0 Å². The molecule has 0 atom stereocenters. The Labute approximate surface area is 319 Å². The molecular formula is C50H44N4. The summed E-state index contributed by atoms with van der Waals surface area (Å²) in [7, 11) is 0. The molecule has 54 heavy (non-hydrogen) atoms. The van der Waals surface area contributed by atoms with Crippen LogP contribution < -0.4 is 9.80 Å². The summed E-state index contributed by atoms with van der Waals surface area (Å²) < 4.78 is 0. The minimum Gasteiger partial charge on any atom is -0.311 e. The molecular weight excluding hydrogens is 657 g/mol. The van der Waals surface area contributed by atoms with Crippen molar-refractivity contribution in [3.63, 3.8) is 0 Å². The summed E-state index contributed by atoms with van der Waals surface area (Å²) in [6, 6.07) is 47.6. The number of rotatable bonds is 11. The summed E-state index contributed by atoms with van der Waals surface area (Å²) in [5.74, 6) is 0. The van der Waals surface area contributed by atoms with E-state index < -0.39 is 0 Å². The third-order valence-electron chi connectivity index (χ3n) is 9.53. The molecule has 0 amide bonds. The number of hydrogen-bond donors (Lipinski definition) is 0. The second-order valence-electron chi connectivity index (χ2n) is 13.5. The van der Waals surface area contributed by atoms with Crippen LogP contribution in [0, 0.1) is 20.8 Å². The number of aromatic nitrogens is 2. The van der Waals surface area contributed by atoms with E-state index in [-0.39, 0.29) is 0 Å². The lowest BCUT2D eigenvalue weighted by atomic mass is 10.00. The Hall–Kier alpha value is -6.78. The smallest absolute Gasteiger partial charge is 0.0462 e. The molecule has 4 heteroatoms. The highest BCUT2D eigenvalue weighted by Gasteiger charge is 2.15. The van der Waals surface area contributed by atoms with E-state index in [9.17, 15) is 0 Å². The van der Waals surface area contributed by atoms with Crippen LogP contribution in [0.25, 0.3) is 33.4 Å². The van der Waals surface area contributed by atoms with Crippen LogP contribution in [-0.2, 0) is 0 Å². The molecule has 0 saturated heterocycles. The quantitative estimate of drug-likeness (QED) is 0.126. The minimum absolute atomic E-state index is 0.991. The van der Waals surface area contributed by atoms with Crippen molar-refractivity contribution in [2.45, 2.75) is 27.7 Å². The Morgan fingerprint density at radius 2 is 0.796 bits per heavy atom. The predicted octanol–water partition coefficient (Wildman–Crippen LogP) is 13.7. The molecule has 264 valence electrons. The Morgan fingerprint density at radius 1 is 0.463 bits per heavy atom. The van der Waals surface area contributed by atoms with Crippen molar-refractivity contribution in [1.29, 1.82) is 0 Å². The standard InChI is InChI=1S/C50H44N4/c1-6-8-9-45(7-2)53(46-20-10-36(3)11-21-46)49-26-16-39(17-27-49)41-30-43(34-51-32-41)44-31-42(33-52-35-44)40-18-28-50(29-19-40)54(47-22-12-37(4)13-23-47)48-24-14-38(5)15-25-48/h6-35H,2H2,1,3-5H3. The second kappa shape index (κ2) is 16.3. The molecule has 0 N–H and O–H groups in total. The molecule has 0 aliphatic rings. The van der Waals surface area contributed by atoms with Gasteiger partial charge in [-0.2, -0.15) is 0 Å². The van der Waals surface area contributed by atoms with Gasteiger partial charge in [0.2, 0.25) is 0 Å². The van der Waals surface area contributed by atoms with Crippen LogP contribution in [0.4, 0.5) is 28.4 Å². The molecule has 0 saturated carbocycles. The number of benzene rings is 5. The van der Waals surface area contributed by atoms with Crippen molar-refractivity contribution in [2.75, 3.05) is 9.80 Å². The fourth-order valence-electron chi connectivity index (χ4n) is 6.52. The van der Waals surface area contributed by atoms with Gasteiger partial charge in [-0.15, -0.1) is 0 Å². The predicted molar refractivity (Wildman–Crippen MR) is 229 cm³/mol. The highest BCUT2D eigenvalue weighted by atomic mass is 15.1. The minimum atomic E-state index is 0.991. The summed E-state index contributed by atoms with van der Waals surface area (Å²) in [5.41, 5.74) is 16.4. The zero-order chi connectivity index (χ0) is 37.4. The van der Waals surface area contributed by atoms with E-state index in [1.807, 2.05) is 49.9 Å². The fourth-order valence-corrected chi connectivity index (χ4v) is 6.52. The average Bonchev–Trinajstić information content (AvgIpc) is 3.22. The van der Waals surface area contributed by atoms with Gasteiger partial charge in [0.05, 0.1) is 0 Å². The van der Waals surface area contributed by atoms with Crippen LogP contribution in [0.15, 0.2) is 195 Å². The van der Waals surface area contributed by atoms with Gasteiger partial charge in [-0.1, -0.05) is 96.1 Å². The van der Waals surface area contributed by atoms with E-state index in [1.54, 1.807) is 0 Å². The number of nitrogens with zero attached hydrogens (tertiary/aromatic N) is 4. The van der Waals surface area contributed by atoms with Crippen molar-refractivity contribution >= 4 is 28.4 Å². The van der Waals surface area contributed by atoms with Gasteiger partial charge in [-0.25, -0.2) is 0 Å². The first kappa shape index (κ1) is 35.6. The molecule has 0 radical (unpaired) electrons. The second-order valence-corrected chi connectivity index (χ2v) is 13.5. The number of pyridine rings is 2. The first-order chi connectivity index (χ1) is 26.4. The lowest BCUT2D eigenvalue weighted by Crippen LogP contribution is -2.14. The van der Waals surface area contributed by atoms with Crippen LogP contribution in [0.5, 0.6) is 0 Å². The van der Waals surface area contributed by atoms with E-state index >= 15 is 0 Å². The van der Waals surface area contributed by atoms with Crippen molar-refractivity contribution in [3.8, 4) is 33.4 Å². The normalized spacial score (nSPS) is 11.4. The van der Waals surface area contributed by atoms with E-state index in [0.29, 0.717) is 0 Å². The Balaban J connectivity index is 1.15. The summed E-state index contributed by atoms with van der Waals surface area (Å²) in [5, 5.41) is 0. The van der Waals surface area contributed by atoms with Gasteiger partial charge < -0.3 is 9.80 Å². The SMILES string of the molecule is C=CC(=CC=CC)N(c1ccc(C)cc1)c1ccc(-c2cncc(-c3cncc(-c4ccc(N(c5ccc(C)cc5)c5ccc(C)cc5)cc4)c3)c2)cc1. The Bertz CT molecular complexity index is 2360. The molecule has 0 aliphatic carbocycles. The number of anilines is 5. The molecule has 0 unspecified atom stereocenters. The first-order valence-electron chi connectivity index (χ1n) is 18.3. The zero-order valence-electron chi connectivity index (χ0n) is 31.3. The van der Waals surface area contributed by atoms with E-state index in [2.05, 4.69) is 187 Å². The van der Waals surface area contributed by atoms with Gasteiger partial charge in [0.1, 0.15) is 0 Å². The maximum Gasteiger partial charge on any atom is 0.0462 e. The van der Waals surface area contributed by atoms with E-state index in [4.69, 9.17) is 0 Å². The molecule has 2 aromatic heterocycles. The molecule has 7 aromatic rings. The van der Waals surface area contributed by atoms with Gasteiger partial charge >= 0.3 is 0 Å². The van der Waals surface area contributed by atoms with Crippen LogP contribution in [-0.4, -0.2) is 9.97 Å². The Kier molecular flexibility index (Phi) is 10.7. The Morgan fingerprint density at radius 3 is 1.17 bits per heavy atom. The summed E-state index contributed by atoms with van der Waals surface area (Å²) in [6.45, 7) is 12.5. The average molecular weight is 701 g/mol. The van der Waals surface area contributed by atoms with Gasteiger partial charge in [0.25, 0.3) is 0 Å². The fraction of sp³-hybridized carbons (Fsp3) is 0.0800. The molecule has 5 aromatic carbocycles. The maximum absolute atomic E-state index is 4.66. The van der Waals surface area contributed by atoms with E-state index in [1.165, 1.54) is 16.7 Å². The lowest BCUT2D eigenvalue weighted by Gasteiger charge is -2.26. The topological polar surface area (TPSA) is 32.3 Å². The van der Waals surface area contributed by atoms with Crippen LogP contribution in [0.2, 0.25) is 0 Å². The van der Waals surface area contributed by atoms with Gasteiger partial charge in [-0.3, -0.25) is 9.97 Å². The van der Waals surface area contributed by atoms with Crippen molar-refractivity contribution in [3.05, 3.63) is 212 Å². The molecule has 2 heterocycles. The van der Waals surface area contributed by atoms with Crippen molar-refractivity contribution < 1.29 is 0 Å². The first-order valence-corrected chi connectivity index (χ1v) is 18.3. The van der Waals surface area contributed by atoms with Crippen molar-refractivity contribution in [2.24, 2.45) is 0 Å². The van der Waals surface area contributed by atoms with Crippen molar-refractivity contribution in [1.82, 2.24) is 9.97 Å². The maximum atomic E-state index is 4.66. The van der Waals surface area contributed by atoms with Crippen LogP contribution in [0.1, 0.15) is 23.6 Å². The van der Waals surface area contributed by atoms with E-state index in [0.717, 1.165) is 67.5 Å². The molecule has 7 rings (SSSR count). The molecule has 0 fully saturated rings. The molecule has 4 nitrogen and oxygen atoms in total. The molecule has 0 bridgehead atoms. The summed E-state index contributed by atoms with van der Waals surface area (Å²) >= 11 is 0. The van der Waals surface area contributed by atoms with Gasteiger partial charge in [0, 0.05) is 81.2 Å². The number of aryl methyl sites for hydroxylation is 3. The lowest BCUT2D eigenvalue weighted by molar-refractivity contribution is 1.21. The zero-order valence-corrected chi connectivity index (χ0v) is 31.3.